The average molecular weight is 548 g/mol. The van der Waals surface area contributed by atoms with Crippen molar-refractivity contribution in [2.45, 2.75) is 25.7 Å². The Hall–Kier alpha value is -3.67. The predicted octanol–water partition coefficient (Wildman–Crippen LogP) is -0.733. The molecule has 0 atom stereocenters. The van der Waals surface area contributed by atoms with Crippen molar-refractivity contribution in [2.75, 3.05) is 36.0 Å². The van der Waals surface area contributed by atoms with Gasteiger partial charge in [-0.3, -0.25) is 9.80 Å². The lowest BCUT2D eigenvalue weighted by molar-refractivity contribution is -2.00. The highest BCUT2D eigenvalue weighted by Gasteiger charge is 2.36. The third-order valence-corrected chi connectivity index (χ3v) is 7.85. The maximum atomic E-state index is 8.49. The summed E-state index contributed by atoms with van der Waals surface area (Å²) in [6, 6.07) is 22.2. The van der Waals surface area contributed by atoms with Crippen LogP contribution in [0.15, 0.2) is 73.1 Å². The van der Waals surface area contributed by atoms with Crippen LogP contribution in [0, 0.1) is 10.2 Å². The lowest BCUT2D eigenvalue weighted by Gasteiger charge is -2.17. The Morgan fingerprint density at radius 2 is 0.897 bits per heavy atom. The molecular weight excluding hydrogens is 520 g/mol. The first-order valence-corrected chi connectivity index (χ1v) is 14.5. The van der Waals surface area contributed by atoms with Gasteiger partial charge in [0.05, 0.1) is 38.6 Å². The molecule has 200 valence electrons. The second-order valence-electron chi connectivity index (χ2n) is 10.1. The zero-order chi connectivity index (χ0) is 26.7. The Morgan fingerprint density at radius 3 is 1.28 bits per heavy atom. The number of para-hydroxylation sites is 2. The Kier molecular flexibility index (Phi) is 5.76. The van der Waals surface area contributed by atoms with Crippen LogP contribution in [0.5, 0.6) is 0 Å². The number of hydrogen-bond donors (Lipinski definition) is 0. The minimum atomic E-state index is -4.94. The van der Waals surface area contributed by atoms with Crippen LogP contribution in [0.25, 0.3) is 33.1 Å². The number of pyridine rings is 2. The van der Waals surface area contributed by atoms with Gasteiger partial charge >= 0.3 is 11.9 Å². The number of halogens is 1. The van der Waals surface area contributed by atoms with E-state index in [0.717, 1.165) is 26.2 Å². The van der Waals surface area contributed by atoms with E-state index in [1.807, 2.05) is 0 Å². The molecule has 39 heavy (non-hydrogen) atoms. The van der Waals surface area contributed by atoms with Crippen LogP contribution in [0.3, 0.4) is 0 Å². The Morgan fingerprint density at radius 1 is 0.538 bits per heavy atom. The summed E-state index contributed by atoms with van der Waals surface area (Å²) in [6.45, 7) is 4.44. The molecule has 0 amide bonds. The topological polar surface area (TPSA) is 116 Å². The van der Waals surface area contributed by atoms with Crippen LogP contribution in [-0.4, -0.2) is 35.0 Å². The van der Waals surface area contributed by atoms with Gasteiger partial charge in [-0.2, -0.15) is 8.80 Å². The van der Waals surface area contributed by atoms with Crippen molar-refractivity contribution in [3.63, 3.8) is 0 Å². The van der Waals surface area contributed by atoms with Crippen LogP contribution in [-0.2, 0) is 0 Å². The summed E-state index contributed by atoms with van der Waals surface area (Å²) in [6.07, 6.45) is 9.50. The molecule has 2 fully saturated rings. The average Bonchev–Trinajstić information content (AvgIpc) is 3.72. The lowest BCUT2D eigenvalue weighted by atomic mass is 10.2. The summed E-state index contributed by atoms with van der Waals surface area (Å²) in [5.41, 5.74) is 7.62. The summed E-state index contributed by atoms with van der Waals surface area (Å²) in [4.78, 5) is 5.14. The molecule has 0 radical (unpaired) electrons. The molecule has 0 saturated carbocycles. The summed E-state index contributed by atoms with van der Waals surface area (Å²) in [5.74, 6) is 2.56. The van der Waals surface area contributed by atoms with E-state index in [0.29, 0.717) is 0 Å². The molecule has 0 bridgehead atoms. The third kappa shape index (κ3) is 3.95. The number of fused-ring (bicyclic) bond motifs is 10. The highest BCUT2D eigenvalue weighted by Crippen LogP contribution is 2.35. The van der Waals surface area contributed by atoms with Gasteiger partial charge in [-0.25, -0.2) is 27.4 Å². The molecular formula is C28H28ClN6O4+. The number of nitrogens with zero attached hydrogens (tertiary/aromatic N) is 6. The van der Waals surface area contributed by atoms with Gasteiger partial charge in [-0.05, 0) is 62.1 Å². The van der Waals surface area contributed by atoms with Gasteiger partial charge in [0.15, 0.2) is 22.1 Å². The fourth-order valence-electron chi connectivity index (χ4n) is 6.44. The first kappa shape index (κ1) is 24.4. The molecule has 8 rings (SSSR count). The SMILES string of the molecule is [O-][Cl+3]([O-])([O-])[O-].c1ccc2c(c1)n1c(N3CCCC3)[n+]3ccccc3c1c1c3cccc[n+]3c(N3CCCC3)n21. The van der Waals surface area contributed by atoms with Gasteiger partial charge in [-0.15, -0.1) is 10.2 Å². The minimum Gasteiger partial charge on any atom is -0.263 e. The molecule has 10 nitrogen and oxygen atoms in total. The summed E-state index contributed by atoms with van der Waals surface area (Å²) >= 11 is 0. The van der Waals surface area contributed by atoms with Crippen molar-refractivity contribution in [3.8, 4) is 0 Å². The number of imidazole rings is 2. The van der Waals surface area contributed by atoms with Gasteiger partial charge in [0.25, 0.3) is 0 Å². The van der Waals surface area contributed by atoms with Crippen LogP contribution >= 0.6 is 0 Å². The normalized spacial score (nSPS) is 16.3. The van der Waals surface area contributed by atoms with Crippen molar-refractivity contribution in [1.82, 2.24) is 8.80 Å². The molecule has 7 heterocycles. The van der Waals surface area contributed by atoms with Gasteiger partial charge < -0.3 is 0 Å². The van der Waals surface area contributed by atoms with Crippen LogP contribution < -0.4 is 37.2 Å². The van der Waals surface area contributed by atoms with E-state index in [1.54, 1.807) is 0 Å². The summed E-state index contributed by atoms with van der Waals surface area (Å²) in [5, 5.41) is 0. The molecule has 0 aliphatic carbocycles. The second-order valence-corrected chi connectivity index (χ2v) is 10.9. The second kappa shape index (κ2) is 9.22. The molecule has 6 aromatic rings. The lowest BCUT2D eigenvalue weighted by Crippen LogP contribution is -2.68. The van der Waals surface area contributed by atoms with Crippen LogP contribution in [0.4, 0.5) is 11.9 Å². The van der Waals surface area contributed by atoms with E-state index in [-0.39, 0.29) is 0 Å². The van der Waals surface area contributed by atoms with E-state index >= 15 is 0 Å². The highest BCUT2D eigenvalue weighted by molar-refractivity contribution is 6.04. The highest BCUT2D eigenvalue weighted by atomic mass is 35.7. The van der Waals surface area contributed by atoms with Gasteiger partial charge in [0, 0.05) is 0 Å². The Balaban J connectivity index is 0.000000468. The van der Waals surface area contributed by atoms with Gasteiger partial charge in [0.2, 0.25) is 0 Å². The van der Waals surface area contributed by atoms with E-state index in [4.69, 9.17) is 18.6 Å². The Bertz CT molecular complexity index is 1710. The monoisotopic (exact) mass is 547 g/mol. The first-order chi connectivity index (χ1) is 18.9. The van der Waals surface area contributed by atoms with Crippen LogP contribution in [0.2, 0.25) is 0 Å². The maximum absolute atomic E-state index is 8.49. The number of anilines is 2. The summed E-state index contributed by atoms with van der Waals surface area (Å²) in [7, 11) is -4.94. The zero-order valence-electron chi connectivity index (χ0n) is 21.3. The molecule has 0 N–H and O–H groups in total. The van der Waals surface area contributed by atoms with Gasteiger partial charge in [0.1, 0.15) is 11.0 Å². The maximum Gasteiger partial charge on any atom is 0.370 e. The Labute approximate surface area is 226 Å². The molecule has 1 aromatic carbocycles. The predicted molar refractivity (Wildman–Crippen MR) is 135 cm³/mol. The molecule has 2 aliphatic rings. The largest absolute Gasteiger partial charge is 0.370 e. The molecule has 11 heteroatoms. The van der Waals surface area contributed by atoms with E-state index < -0.39 is 10.2 Å². The number of rotatable bonds is 2. The smallest absolute Gasteiger partial charge is 0.263 e. The number of hydrogen-bond acceptors (Lipinski definition) is 6. The standard InChI is InChI=1S/C28H28N6.ClHO4/c1-2-12-22-21(11-1)33-25(23-13-3-5-19-31(23)27(33)29-15-7-8-16-29)26-24-14-4-6-20-32(24)28(34(22)26)30-17-9-10-18-30;2-1(3,4)5/h1-6,11-14,19-20H,7-10,15-18H2;(H,2,3,4,5)/q+2;/p-1. The quantitative estimate of drug-likeness (QED) is 0.264. The van der Waals surface area contributed by atoms with Crippen molar-refractivity contribution < 1.29 is 37.7 Å². The zero-order valence-corrected chi connectivity index (χ0v) is 22.0. The van der Waals surface area contributed by atoms with E-state index in [2.05, 4.69) is 100 Å². The van der Waals surface area contributed by atoms with E-state index in [1.165, 1.54) is 70.7 Å². The van der Waals surface area contributed by atoms with Crippen molar-refractivity contribution in [3.05, 3.63) is 73.1 Å². The number of benzene rings is 1. The number of aromatic nitrogens is 4. The van der Waals surface area contributed by atoms with Crippen molar-refractivity contribution >= 4 is 45.0 Å². The van der Waals surface area contributed by atoms with Crippen molar-refractivity contribution in [2.24, 2.45) is 0 Å². The molecule has 2 saturated heterocycles. The van der Waals surface area contributed by atoms with Crippen molar-refractivity contribution in [1.29, 1.82) is 0 Å². The first-order valence-electron chi connectivity index (χ1n) is 13.2. The van der Waals surface area contributed by atoms with E-state index in [9.17, 15) is 0 Å². The summed E-state index contributed by atoms with van der Waals surface area (Å²) < 4.78 is 43.9. The van der Waals surface area contributed by atoms with Gasteiger partial charge in [-0.1, -0.05) is 24.3 Å². The minimum absolute atomic E-state index is 1.11. The fraction of sp³-hybridized carbons (Fsp3) is 0.286. The molecule has 0 unspecified atom stereocenters. The third-order valence-electron chi connectivity index (χ3n) is 7.85. The van der Waals surface area contributed by atoms with Crippen LogP contribution in [0.1, 0.15) is 25.7 Å². The molecule has 2 aliphatic heterocycles. The molecule has 0 spiro atoms. The molecule has 5 aromatic heterocycles. The fourth-order valence-corrected chi connectivity index (χ4v) is 6.44.